The van der Waals surface area contributed by atoms with Gasteiger partial charge in [0.15, 0.2) is 0 Å². The van der Waals surface area contributed by atoms with Crippen molar-refractivity contribution in [1.82, 2.24) is 4.31 Å². The first kappa shape index (κ1) is 15.3. The first-order valence-corrected chi connectivity index (χ1v) is 7.95. The molecule has 1 fully saturated rings. The van der Waals surface area contributed by atoms with Gasteiger partial charge < -0.3 is 5.73 Å². The fraction of sp³-hybridized carbons (Fsp3) is 0.538. The normalized spacial score (nSPS) is 24.8. The number of hydrogen-bond acceptors (Lipinski definition) is 3. The van der Waals surface area contributed by atoms with E-state index in [1.54, 1.807) is 0 Å². The van der Waals surface area contributed by atoms with Crippen molar-refractivity contribution in [3.8, 4) is 0 Å². The second kappa shape index (κ2) is 5.75. The van der Waals surface area contributed by atoms with E-state index in [2.05, 4.69) is 0 Å². The molecule has 1 heterocycles. The van der Waals surface area contributed by atoms with Crippen LogP contribution in [0.1, 0.15) is 13.3 Å². The molecule has 0 aliphatic carbocycles. The van der Waals surface area contributed by atoms with Gasteiger partial charge in [0, 0.05) is 13.1 Å². The van der Waals surface area contributed by atoms with Crippen LogP contribution in [0.2, 0.25) is 0 Å². The Balaban J connectivity index is 2.33. The monoisotopic (exact) mass is 304 g/mol. The quantitative estimate of drug-likeness (QED) is 0.922. The molecule has 1 aliphatic heterocycles. The predicted molar refractivity (Wildman–Crippen MR) is 71.4 cm³/mol. The van der Waals surface area contributed by atoms with E-state index in [0.717, 1.165) is 18.2 Å². The summed E-state index contributed by atoms with van der Waals surface area (Å²) in [5.74, 6) is -1.35. The molecule has 0 spiro atoms. The summed E-state index contributed by atoms with van der Waals surface area (Å²) in [6, 6.07) is 2.45. The largest absolute Gasteiger partial charge is 0.330 e. The van der Waals surface area contributed by atoms with Crippen molar-refractivity contribution < 1.29 is 17.2 Å². The summed E-state index contributed by atoms with van der Waals surface area (Å²) >= 11 is 0. The zero-order valence-corrected chi connectivity index (χ0v) is 12.0. The first-order valence-electron chi connectivity index (χ1n) is 6.51. The molecule has 7 heteroatoms. The number of piperidine rings is 1. The van der Waals surface area contributed by atoms with Crippen LogP contribution in [0.15, 0.2) is 23.1 Å². The van der Waals surface area contributed by atoms with Gasteiger partial charge in [-0.05, 0) is 43.0 Å². The second-order valence-corrected chi connectivity index (χ2v) is 7.11. The Bertz CT molecular complexity index is 592. The van der Waals surface area contributed by atoms with Crippen molar-refractivity contribution in [3.05, 3.63) is 29.8 Å². The number of benzene rings is 1. The first-order chi connectivity index (χ1) is 9.36. The molecule has 20 heavy (non-hydrogen) atoms. The van der Waals surface area contributed by atoms with Crippen LogP contribution in [0, 0.1) is 23.5 Å². The fourth-order valence-electron chi connectivity index (χ4n) is 2.46. The fourth-order valence-corrected chi connectivity index (χ4v) is 4.04. The molecule has 1 saturated heterocycles. The summed E-state index contributed by atoms with van der Waals surface area (Å²) in [5, 5.41) is 0. The van der Waals surface area contributed by atoms with E-state index in [1.165, 1.54) is 4.31 Å². The molecule has 1 aromatic rings. The Morgan fingerprint density at radius 1 is 1.40 bits per heavy atom. The summed E-state index contributed by atoms with van der Waals surface area (Å²) < 4.78 is 52.9. The number of sulfonamides is 1. The van der Waals surface area contributed by atoms with Crippen LogP contribution in [0.25, 0.3) is 0 Å². The molecule has 0 bridgehead atoms. The van der Waals surface area contributed by atoms with E-state index in [0.29, 0.717) is 25.4 Å². The predicted octanol–water partition coefficient (Wildman–Crippen LogP) is 1.57. The van der Waals surface area contributed by atoms with Crippen molar-refractivity contribution in [2.75, 3.05) is 19.6 Å². The van der Waals surface area contributed by atoms with Crippen LogP contribution in [-0.4, -0.2) is 32.4 Å². The number of halogens is 2. The van der Waals surface area contributed by atoms with E-state index in [-0.39, 0.29) is 12.5 Å². The van der Waals surface area contributed by atoms with Gasteiger partial charge in [-0.25, -0.2) is 17.2 Å². The summed E-state index contributed by atoms with van der Waals surface area (Å²) in [5.41, 5.74) is 5.64. The van der Waals surface area contributed by atoms with E-state index in [1.807, 2.05) is 6.92 Å². The van der Waals surface area contributed by atoms with E-state index < -0.39 is 26.6 Å². The molecular weight excluding hydrogens is 286 g/mol. The van der Waals surface area contributed by atoms with Gasteiger partial charge in [-0.15, -0.1) is 0 Å². The SMILES string of the molecule is CC1CCN(S(=O)(=O)c2cc(F)ccc2F)CC1CN. The van der Waals surface area contributed by atoms with Crippen LogP contribution in [0.5, 0.6) is 0 Å². The van der Waals surface area contributed by atoms with Gasteiger partial charge in [-0.3, -0.25) is 0 Å². The smallest absolute Gasteiger partial charge is 0.246 e. The molecule has 1 aliphatic rings. The Labute approximate surface area is 117 Å². The van der Waals surface area contributed by atoms with Crippen LogP contribution < -0.4 is 5.73 Å². The van der Waals surface area contributed by atoms with Crippen LogP contribution in [-0.2, 0) is 10.0 Å². The lowest BCUT2D eigenvalue weighted by Crippen LogP contribution is -2.45. The van der Waals surface area contributed by atoms with Gasteiger partial charge in [0.05, 0.1) is 0 Å². The van der Waals surface area contributed by atoms with Crippen molar-refractivity contribution in [2.45, 2.75) is 18.2 Å². The van der Waals surface area contributed by atoms with Gasteiger partial charge in [-0.2, -0.15) is 4.31 Å². The average molecular weight is 304 g/mol. The Morgan fingerprint density at radius 3 is 2.75 bits per heavy atom. The molecule has 2 N–H and O–H groups in total. The van der Waals surface area contributed by atoms with E-state index >= 15 is 0 Å². The molecule has 0 saturated carbocycles. The molecule has 112 valence electrons. The van der Waals surface area contributed by atoms with Gasteiger partial charge in [0.1, 0.15) is 16.5 Å². The van der Waals surface area contributed by atoms with Gasteiger partial charge in [0.2, 0.25) is 10.0 Å². The third-order valence-electron chi connectivity index (χ3n) is 3.89. The lowest BCUT2D eigenvalue weighted by atomic mass is 9.88. The molecule has 0 radical (unpaired) electrons. The van der Waals surface area contributed by atoms with E-state index in [9.17, 15) is 17.2 Å². The molecule has 0 amide bonds. The van der Waals surface area contributed by atoms with Crippen LogP contribution in [0.3, 0.4) is 0 Å². The van der Waals surface area contributed by atoms with Crippen molar-refractivity contribution in [2.24, 2.45) is 17.6 Å². The Morgan fingerprint density at radius 2 is 2.10 bits per heavy atom. The minimum absolute atomic E-state index is 0.0372. The molecule has 0 aromatic heterocycles. The molecular formula is C13H18F2N2O2S. The molecule has 2 rings (SSSR count). The molecule has 1 aromatic carbocycles. The standard InChI is InChI=1S/C13H18F2N2O2S/c1-9-4-5-17(8-10(9)7-16)20(18,19)13-6-11(14)2-3-12(13)15/h2-3,6,9-10H,4-5,7-8,16H2,1H3. The zero-order chi connectivity index (χ0) is 14.9. The maximum atomic E-state index is 13.7. The summed E-state index contributed by atoms with van der Waals surface area (Å²) in [7, 11) is -4.02. The maximum absolute atomic E-state index is 13.7. The van der Waals surface area contributed by atoms with Crippen molar-refractivity contribution in [1.29, 1.82) is 0 Å². The number of hydrogen-bond donors (Lipinski definition) is 1. The lowest BCUT2D eigenvalue weighted by Gasteiger charge is -2.35. The highest BCUT2D eigenvalue weighted by Gasteiger charge is 2.34. The van der Waals surface area contributed by atoms with Gasteiger partial charge in [-0.1, -0.05) is 6.92 Å². The molecule has 4 nitrogen and oxygen atoms in total. The van der Waals surface area contributed by atoms with Crippen LogP contribution in [0.4, 0.5) is 8.78 Å². The number of nitrogens with two attached hydrogens (primary N) is 1. The highest BCUT2D eigenvalue weighted by atomic mass is 32.2. The average Bonchev–Trinajstić information content (AvgIpc) is 2.41. The number of nitrogens with zero attached hydrogens (tertiary/aromatic N) is 1. The summed E-state index contributed by atoms with van der Waals surface area (Å²) in [6.07, 6.45) is 0.665. The van der Waals surface area contributed by atoms with Gasteiger partial charge >= 0.3 is 0 Å². The Hall–Kier alpha value is -1.05. The second-order valence-electron chi connectivity index (χ2n) is 5.20. The molecule has 2 unspecified atom stereocenters. The highest BCUT2D eigenvalue weighted by Crippen LogP contribution is 2.28. The minimum Gasteiger partial charge on any atom is -0.330 e. The Kier molecular flexibility index (Phi) is 4.41. The molecule has 2 atom stereocenters. The van der Waals surface area contributed by atoms with Crippen molar-refractivity contribution >= 4 is 10.0 Å². The lowest BCUT2D eigenvalue weighted by molar-refractivity contribution is 0.203. The van der Waals surface area contributed by atoms with Crippen molar-refractivity contribution in [3.63, 3.8) is 0 Å². The number of rotatable bonds is 3. The van der Waals surface area contributed by atoms with E-state index in [4.69, 9.17) is 5.73 Å². The van der Waals surface area contributed by atoms with Crippen LogP contribution >= 0.6 is 0 Å². The zero-order valence-electron chi connectivity index (χ0n) is 11.2. The third-order valence-corrected chi connectivity index (χ3v) is 5.77. The minimum atomic E-state index is -4.02. The van der Waals surface area contributed by atoms with Gasteiger partial charge in [0.25, 0.3) is 0 Å². The highest BCUT2D eigenvalue weighted by molar-refractivity contribution is 7.89. The summed E-state index contributed by atoms with van der Waals surface area (Å²) in [6.45, 7) is 2.94. The topological polar surface area (TPSA) is 63.4 Å². The maximum Gasteiger partial charge on any atom is 0.246 e. The summed E-state index contributed by atoms with van der Waals surface area (Å²) in [4.78, 5) is -0.608. The third kappa shape index (κ3) is 2.84.